The topological polar surface area (TPSA) is 44.8 Å². The second-order valence-corrected chi connectivity index (χ2v) is 6.39. The summed E-state index contributed by atoms with van der Waals surface area (Å²) >= 11 is 3.48. The molecule has 4 nitrogen and oxygen atoms in total. The molecule has 0 aliphatic heterocycles. The molecule has 0 radical (unpaired) electrons. The Morgan fingerprint density at radius 3 is 2.08 bits per heavy atom. The summed E-state index contributed by atoms with van der Waals surface area (Å²) in [5.41, 5.74) is 0.371. The summed E-state index contributed by atoms with van der Waals surface area (Å²) in [7, 11) is 1.36. The number of allylic oxidation sites excluding steroid dienone is 2. The number of carbonyl (C=O) groups is 1. The van der Waals surface area contributed by atoms with Crippen LogP contribution >= 0.6 is 15.9 Å². The van der Waals surface area contributed by atoms with E-state index in [2.05, 4.69) is 29.1 Å². The zero-order valence-corrected chi connectivity index (χ0v) is 16.5. The van der Waals surface area contributed by atoms with E-state index in [1.807, 2.05) is 12.2 Å². The molecule has 1 rings (SSSR count). The number of carbonyl (C=O) groups excluding carboxylic acids is 1. The third-order valence-corrected chi connectivity index (χ3v) is 4.18. The van der Waals surface area contributed by atoms with Crippen LogP contribution in [0, 0.1) is 0 Å². The maximum Gasteiger partial charge on any atom is 0.341 e. The average Bonchev–Trinajstić information content (AvgIpc) is 2.62. The largest absolute Gasteiger partial charge is 0.493 e. The van der Waals surface area contributed by atoms with Crippen molar-refractivity contribution < 1.29 is 19.0 Å². The van der Waals surface area contributed by atoms with Gasteiger partial charge in [-0.25, -0.2) is 4.79 Å². The van der Waals surface area contributed by atoms with Gasteiger partial charge in [0, 0.05) is 0 Å². The number of hydrogen-bond donors (Lipinski definition) is 0. The lowest BCUT2D eigenvalue weighted by molar-refractivity contribution is 0.0595. The Morgan fingerprint density at radius 2 is 1.56 bits per heavy atom. The van der Waals surface area contributed by atoms with Crippen LogP contribution in [-0.4, -0.2) is 26.3 Å². The fourth-order valence-electron chi connectivity index (χ4n) is 2.18. The van der Waals surface area contributed by atoms with Crippen LogP contribution in [0.25, 0.3) is 0 Å². The number of methoxy groups -OCH3 is 1. The number of unbranched alkanes of at least 4 members (excludes halogenated alkanes) is 4. The normalized spacial score (nSPS) is 10.2. The molecule has 0 fully saturated rings. The number of rotatable bonds is 13. The van der Waals surface area contributed by atoms with Gasteiger partial charge in [-0.15, -0.1) is 13.2 Å². The van der Waals surface area contributed by atoms with Crippen LogP contribution in [0.5, 0.6) is 11.5 Å². The highest BCUT2D eigenvalue weighted by atomic mass is 79.9. The summed E-state index contributed by atoms with van der Waals surface area (Å²) in [4.78, 5) is 12.1. The van der Waals surface area contributed by atoms with E-state index in [1.54, 1.807) is 12.1 Å². The van der Waals surface area contributed by atoms with Gasteiger partial charge in [-0.3, -0.25) is 0 Å². The van der Waals surface area contributed by atoms with Crippen molar-refractivity contribution in [2.75, 3.05) is 20.3 Å². The Bertz CT molecular complexity index is 569. The monoisotopic (exact) mass is 410 g/mol. The Morgan fingerprint density at radius 1 is 1.00 bits per heavy atom. The van der Waals surface area contributed by atoms with Crippen LogP contribution in [-0.2, 0) is 4.74 Å². The quantitative estimate of drug-likeness (QED) is 0.237. The van der Waals surface area contributed by atoms with E-state index in [1.165, 1.54) is 7.11 Å². The van der Waals surface area contributed by atoms with Crippen molar-refractivity contribution in [1.29, 1.82) is 0 Å². The van der Waals surface area contributed by atoms with Crippen molar-refractivity contribution >= 4 is 21.9 Å². The molecule has 1 aromatic carbocycles. The Kier molecular flexibility index (Phi) is 10.7. The summed E-state index contributed by atoms with van der Waals surface area (Å²) in [5.74, 6) is 0.666. The summed E-state index contributed by atoms with van der Waals surface area (Å²) in [5, 5.41) is 0. The Hall–Kier alpha value is -1.75. The van der Waals surface area contributed by atoms with Crippen LogP contribution in [0.2, 0.25) is 0 Å². The third-order valence-electron chi connectivity index (χ3n) is 3.56. The van der Waals surface area contributed by atoms with Gasteiger partial charge >= 0.3 is 5.97 Å². The molecule has 0 saturated carbocycles. The maximum absolute atomic E-state index is 12.1. The van der Waals surface area contributed by atoms with E-state index in [9.17, 15) is 4.79 Å². The Balaban J connectivity index is 2.76. The standard InChI is InChI=1S/C20H27BrO4/c1-4-6-8-10-12-24-18-15-17(21)19(14-16(18)20(22)23-3)25-13-11-9-7-5-2/h4-5,14-15H,1-2,6-13H2,3H3. The molecule has 0 aromatic heterocycles. The van der Waals surface area contributed by atoms with Crippen molar-refractivity contribution in [3.63, 3.8) is 0 Å². The van der Waals surface area contributed by atoms with Crippen molar-refractivity contribution in [3.8, 4) is 11.5 Å². The van der Waals surface area contributed by atoms with E-state index >= 15 is 0 Å². The predicted octanol–water partition coefficient (Wildman–Crippen LogP) is 5.71. The molecule has 138 valence electrons. The van der Waals surface area contributed by atoms with Gasteiger partial charge in [0.15, 0.2) is 0 Å². The minimum Gasteiger partial charge on any atom is -0.493 e. The zero-order valence-electron chi connectivity index (χ0n) is 14.9. The molecule has 0 spiro atoms. The number of benzene rings is 1. The lowest BCUT2D eigenvalue weighted by atomic mass is 10.2. The smallest absolute Gasteiger partial charge is 0.341 e. The third kappa shape index (κ3) is 7.78. The van der Waals surface area contributed by atoms with E-state index in [0.717, 1.165) is 43.0 Å². The second-order valence-electron chi connectivity index (χ2n) is 5.54. The summed E-state index contributed by atoms with van der Waals surface area (Å²) < 4.78 is 17.2. The van der Waals surface area contributed by atoms with Gasteiger partial charge in [-0.2, -0.15) is 0 Å². The molecule has 0 aliphatic rings. The molecule has 0 amide bonds. The second kappa shape index (κ2) is 12.6. The number of hydrogen-bond acceptors (Lipinski definition) is 4. The van der Waals surface area contributed by atoms with E-state index in [4.69, 9.17) is 14.2 Å². The first-order valence-electron chi connectivity index (χ1n) is 8.53. The maximum atomic E-state index is 12.1. The fourth-order valence-corrected chi connectivity index (χ4v) is 2.62. The molecule has 25 heavy (non-hydrogen) atoms. The lowest BCUT2D eigenvalue weighted by Gasteiger charge is -2.14. The predicted molar refractivity (Wildman–Crippen MR) is 105 cm³/mol. The van der Waals surface area contributed by atoms with Gasteiger partial charge < -0.3 is 14.2 Å². The lowest BCUT2D eigenvalue weighted by Crippen LogP contribution is -2.08. The minimum absolute atomic E-state index is 0.371. The highest BCUT2D eigenvalue weighted by molar-refractivity contribution is 9.10. The molecule has 0 unspecified atom stereocenters. The van der Waals surface area contributed by atoms with Gasteiger partial charge in [0.2, 0.25) is 0 Å². The number of halogens is 1. The fraction of sp³-hybridized carbons (Fsp3) is 0.450. The molecule has 0 aliphatic carbocycles. The van der Waals surface area contributed by atoms with Crippen LogP contribution in [0.15, 0.2) is 41.9 Å². The van der Waals surface area contributed by atoms with Gasteiger partial charge in [-0.1, -0.05) is 12.2 Å². The molecule has 0 saturated heterocycles. The molecule has 0 atom stereocenters. The van der Waals surface area contributed by atoms with E-state index in [-0.39, 0.29) is 0 Å². The molecular weight excluding hydrogens is 384 g/mol. The first-order chi connectivity index (χ1) is 12.1. The zero-order chi connectivity index (χ0) is 18.5. The van der Waals surface area contributed by atoms with Gasteiger partial charge in [0.05, 0.1) is 24.8 Å². The van der Waals surface area contributed by atoms with Crippen LogP contribution in [0.1, 0.15) is 48.9 Å². The number of esters is 1. The van der Waals surface area contributed by atoms with E-state index < -0.39 is 5.97 Å². The SMILES string of the molecule is C=CCCCCOc1cc(C(=O)OC)c(OCCCCC=C)cc1Br. The van der Waals surface area contributed by atoms with Crippen LogP contribution in [0.4, 0.5) is 0 Å². The molecule has 0 heterocycles. The van der Waals surface area contributed by atoms with Crippen molar-refractivity contribution in [3.05, 3.63) is 47.5 Å². The van der Waals surface area contributed by atoms with E-state index in [0.29, 0.717) is 30.3 Å². The van der Waals surface area contributed by atoms with Crippen LogP contribution in [0.3, 0.4) is 0 Å². The molecule has 1 aromatic rings. The van der Waals surface area contributed by atoms with Gasteiger partial charge in [0.25, 0.3) is 0 Å². The van der Waals surface area contributed by atoms with Crippen molar-refractivity contribution in [2.45, 2.75) is 38.5 Å². The van der Waals surface area contributed by atoms with Crippen LogP contribution < -0.4 is 9.47 Å². The number of ether oxygens (including phenoxy) is 3. The van der Waals surface area contributed by atoms with Gasteiger partial charge in [0.1, 0.15) is 17.1 Å². The first-order valence-corrected chi connectivity index (χ1v) is 9.32. The minimum atomic E-state index is -0.440. The molecule has 0 N–H and O–H groups in total. The highest BCUT2D eigenvalue weighted by Crippen LogP contribution is 2.34. The van der Waals surface area contributed by atoms with Crippen molar-refractivity contribution in [2.24, 2.45) is 0 Å². The summed E-state index contributed by atoms with van der Waals surface area (Å²) in [6, 6.07) is 3.43. The Labute approximate surface area is 159 Å². The van der Waals surface area contributed by atoms with Gasteiger partial charge in [-0.05, 0) is 66.6 Å². The summed E-state index contributed by atoms with van der Waals surface area (Å²) in [6.45, 7) is 8.52. The van der Waals surface area contributed by atoms with Crippen molar-refractivity contribution in [1.82, 2.24) is 0 Å². The average molecular weight is 411 g/mol. The molecule has 0 bridgehead atoms. The first kappa shape index (κ1) is 21.3. The summed E-state index contributed by atoms with van der Waals surface area (Å²) in [6.07, 6.45) is 9.55. The molecule has 5 heteroatoms. The highest BCUT2D eigenvalue weighted by Gasteiger charge is 2.17. The molecular formula is C20H27BrO4.